The van der Waals surface area contributed by atoms with Crippen LogP contribution in [0.15, 0.2) is 77.8 Å². The smallest absolute Gasteiger partial charge is 0.416 e. The van der Waals surface area contributed by atoms with Crippen molar-refractivity contribution in [1.29, 1.82) is 0 Å². The number of hydrogen-bond acceptors (Lipinski definition) is 3. The van der Waals surface area contributed by atoms with Gasteiger partial charge in [0, 0.05) is 17.3 Å². The Balaban J connectivity index is 1.85. The average Bonchev–Trinajstić information content (AvgIpc) is 2.93. The zero-order valence-corrected chi connectivity index (χ0v) is 14.3. The molecule has 0 spiro atoms. The van der Waals surface area contributed by atoms with E-state index in [-0.39, 0.29) is 17.1 Å². The number of hydrogen-bond donors (Lipinski definition) is 1. The summed E-state index contributed by atoms with van der Waals surface area (Å²) < 4.78 is 38.9. The molecule has 3 aromatic carbocycles. The molecule has 0 atom stereocenters. The lowest BCUT2D eigenvalue weighted by Crippen LogP contribution is -2.25. The van der Waals surface area contributed by atoms with E-state index in [1.807, 2.05) is 0 Å². The third kappa shape index (κ3) is 3.11. The summed E-state index contributed by atoms with van der Waals surface area (Å²) >= 11 is 0. The summed E-state index contributed by atoms with van der Waals surface area (Å²) in [5.74, 6) is -0.517. The van der Waals surface area contributed by atoms with Crippen LogP contribution in [0.3, 0.4) is 0 Å². The zero-order valence-electron chi connectivity index (χ0n) is 14.3. The molecular formula is C21H13F3N2O2. The number of fused-ring (bicyclic) bond motifs is 1. The van der Waals surface area contributed by atoms with Gasteiger partial charge in [-0.2, -0.15) is 13.2 Å². The van der Waals surface area contributed by atoms with E-state index >= 15 is 0 Å². The van der Waals surface area contributed by atoms with Crippen LogP contribution in [0.4, 0.5) is 30.2 Å². The number of alkyl halides is 3. The molecule has 4 rings (SSSR count). The van der Waals surface area contributed by atoms with Gasteiger partial charge in [0.1, 0.15) is 11.5 Å². The Morgan fingerprint density at radius 3 is 2.36 bits per heavy atom. The molecule has 0 aromatic heterocycles. The lowest BCUT2D eigenvalue weighted by Gasteiger charge is -2.16. The number of halogens is 3. The Hall–Kier alpha value is -3.61. The molecular weight excluding hydrogens is 369 g/mol. The minimum absolute atomic E-state index is 0.0122. The van der Waals surface area contributed by atoms with Gasteiger partial charge in [0.15, 0.2) is 0 Å². The van der Waals surface area contributed by atoms with Crippen LogP contribution in [0.25, 0.3) is 0 Å². The van der Waals surface area contributed by atoms with Gasteiger partial charge in [-0.3, -0.25) is 9.69 Å². The van der Waals surface area contributed by atoms with Gasteiger partial charge in [-0.05, 0) is 42.5 Å². The minimum Gasteiger partial charge on any atom is -0.508 e. The first-order valence-electron chi connectivity index (χ1n) is 8.33. The van der Waals surface area contributed by atoms with Crippen molar-refractivity contribution in [2.24, 2.45) is 4.99 Å². The van der Waals surface area contributed by atoms with Crippen LogP contribution < -0.4 is 4.90 Å². The molecule has 1 amide bonds. The molecule has 1 heterocycles. The number of phenols is 1. The van der Waals surface area contributed by atoms with Crippen LogP contribution in [-0.4, -0.2) is 16.7 Å². The molecule has 4 nitrogen and oxygen atoms in total. The van der Waals surface area contributed by atoms with Gasteiger partial charge in [0.2, 0.25) is 0 Å². The van der Waals surface area contributed by atoms with Crippen molar-refractivity contribution in [3.63, 3.8) is 0 Å². The van der Waals surface area contributed by atoms with E-state index in [0.717, 1.165) is 12.1 Å². The maximum Gasteiger partial charge on any atom is 0.416 e. The molecule has 1 aliphatic rings. The second kappa shape index (κ2) is 6.53. The standard InChI is InChI=1S/C21H13F3N2O2/c22-21(23,24)13-5-4-6-14(11-13)25-19-17-10-9-16(27)12-18(17)26(20(19)28)15-7-2-1-3-8-15/h1-12,27H. The van der Waals surface area contributed by atoms with Crippen molar-refractivity contribution in [2.45, 2.75) is 6.18 Å². The van der Waals surface area contributed by atoms with E-state index in [9.17, 15) is 23.1 Å². The number of aromatic hydroxyl groups is 1. The second-order valence-electron chi connectivity index (χ2n) is 6.19. The summed E-state index contributed by atoms with van der Waals surface area (Å²) in [6.07, 6.45) is -4.50. The van der Waals surface area contributed by atoms with Gasteiger partial charge in [0.25, 0.3) is 5.91 Å². The predicted octanol–water partition coefficient (Wildman–Crippen LogP) is 5.21. The molecule has 0 saturated carbocycles. The SMILES string of the molecule is O=C1C(=Nc2cccc(C(F)(F)F)c2)c2ccc(O)cc2N1c1ccccc1. The van der Waals surface area contributed by atoms with Crippen molar-refractivity contribution in [1.82, 2.24) is 0 Å². The number of rotatable bonds is 2. The lowest BCUT2D eigenvalue weighted by molar-refractivity contribution is -0.137. The van der Waals surface area contributed by atoms with E-state index in [4.69, 9.17) is 0 Å². The number of carbonyl (C=O) groups excluding carboxylic acids is 1. The minimum atomic E-state index is -4.50. The fraction of sp³-hybridized carbons (Fsp3) is 0.0476. The van der Waals surface area contributed by atoms with Crippen molar-refractivity contribution < 1.29 is 23.1 Å². The fourth-order valence-electron chi connectivity index (χ4n) is 3.06. The maximum absolute atomic E-state index is 13.1. The Bertz CT molecular complexity index is 1090. The monoisotopic (exact) mass is 382 g/mol. The summed E-state index contributed by atoms with van der Waals surface area (Å²) in [7, 11) is 0. The highest BCUT2D eigenvalue weighted by molar-refractivity contribution is 6.56. The van der Waals surface area contributed by atoms with Crippen LogP contribution in [0.5, 0.6) is 5.75 Å². The molecule has 7 heteroatoms. The quantitative estimate of drug-likeness (QED) is 0.662. The molecule has 3 aromatic rings. The summed E-state index contributed by atoms with van der Waals surface area (Å²) in [5, 5.41) is 9.85. The van der Waals surface area contributed by atoms with Crippen LogP contribution in [0.2, 0.25) is 0 Å². The number of aliphatic imine (C=N–C) groups is 1. The molecule has 0 fully saturated rings. The van der Waals surface area contributed by atoms with Crippen molar-refractivity contribution in [3.05, 3.63) is 83.9 Å². The van der Waals surface area contributed by atoms with Gasteiger partial charge in [-0.15, -0.1) is 0 Å². The number of anilines is 2. The van der Waals surface area contributed by atoms with Crippen LogP contribution in [0, 0.1) is 0 Å². The Labute approximate surface area is 158 Å². The number of carbonyl (C=O) groups is 1. The Kier molecular flexibility index (Phi) is 4.15. The highest BCUT2D eigenvalue weighted by Gasteiger charge is 2.36. The van der Waals surface area contributed by atoms with Crippen molar-refractivity contribution >= 4 is 28.7 Å². The van der Waals surface area contributed by atoms with Crippen LogP contribution in [-0.2, 0) is 11.0 Å². The molecule has 0 unspecified atom stereocenters. The first-order valence-corrected chi connectivity index (χ1v) is 8.33. The summed E-state index contributed by atoms with van der Waals surface area (Å²) in [5.41, 5.74) is 0.607. The number of amides is 1. The first-order chi connectivity index (χ1) is 13.3. The zero-order chi connectivity index (χ0) is 19.9. The van der Waals surface area contributed by atoms with E-state index < -0.39 is 17.6 Å². The van der Waals surface area contributed by atoms with Crippen LogP contribution in [0.1, 0.15) is 11.1 Å². The van der Waals surface area contributed by atoms with E-state index in [2.05, 4.69) is 4.99 Å². The normalized spacial score (nSPS) is 15.2. The molecule has 140 valence electrons. The highest BCUT2D eigenvalue weighted by atomic mass is 19.4. The Morgan fingerprint density at radius 1 is 0.893 bits per heavy atom. The van der Waals surface area contributed by atoms with Gasteiger partial charge in [0.05, 0.1) is 16.9 Å². The number of para-hydroxylation sites is 1. The van der Waals surface area contributed by atoms with E-state index in [1.54, 1.807) is 30.3 Å². The van der Waals surface area contributed by atoms with E-state index in [0.29, 0.717) is 16.9 Å². The molecule has 0 bridgehead atoms. The molecule has 1 N–H and O–H groups in total. The van der Waals surface area contributed by atoms with Gasteiger partial charge in [-0.25, -0.2) is 4.99 Å². The molecule has 0 radical (unpaired) electrons. The van der Waals surface area contributed by atoms with Gasteiger partial charge in [-0.1, -0.05) is 24.3 Å². The number of phenolic OH excluding ortho intramolecular Hbond substituents is 1. The van der Waals surface area contributed by atoms with Gasteiger partial charge < -0.3 is 5.11 Å². The highest BCUT2D eigenvalue weighted by Crippen LogP contribution is 2.39. The van der Waals surface area contributed by atoms with E-state index in [1.165, 1.54) is 35.2 Å². The third-order valence-electron chi connectivity index (χ3n) is 4.31. The molecule has 28 heavy (non-hydrogen) atoms. The molecule has 1 aliphatic heterocycles. The number of benzene rings is 3. The number of nitrogens with zero attached hydrogens (tertiary/aromatic N) is 2. The first kappa shape index (κ1) is 17.8. The van der Waals surface area contributed by atoms with Gasteiger partial charge >= 0.3 is 6.18 Å². The average molecular weight is 382 g/mol. The fourth-order valence-corrected chi connectivity index (χ4v) is 3.06. The second-order valence-corrected chi connectivity index (χ2v) is 6.19. The van der Waals surface area contributed by atoms with Crippen molar-refractivity contribution in [3.8, 4) is 5.75 Å². The summed E-state index contributed by atoms with van der Waals surface area (Å²) in [6.45, 7) is 0. The largest absolute Gasteiger partial charge is 0.508 e. The molecule has 0 aliphatic carbocycles. The Morgan fingerprint density at radius 2 is 1.64 bits per heavy atom. The van der Waals surface area contributed by atoms with Crippen LogP contribution >= 0.6 is 0 Å². The topological polar surface area (TPSA) is 52.9 Å². The van der Waals surface area contributed by atoms with Crippen molar-refractivity contribution in [2.75, 3.05) is 4.90 Å². The lowest BCUT2D eigenvalue weighted by atomic mass is 10.1. The maximum atomic E-state index is 13.1. The molecule has 0 saturated heterocycles. The summed E-state index contributed by atoms with van der Waals surface area (Å²) in [4.78, 5) is 18.6. The summed E-state index contributed by atoms with van der Waals surface area (Å²) in [6, 6.07) is 17.6. The predicted molar refractivity (Wildman–Crippen MR) is 99.3 cm³/mol. The third-order valence-corrected chi connectivity index (χ3v) is 4.31.